The number of rotatable bonds is 6. The van der Waals surface area contributed by atoms with Gasteiger partial charge in [-0.1, -0.05) is 28.1 Å². The molecular weight excluding hydrogens is 376 g/mol. The Bertz CT molecular complexity index is 734. The van der Waals surface area contributed by atoms with Crippen LogP contribution in [0.2, 0.25) is 0 Å². The number of nitrogens with zero attached hydrogens (tertiary/aromatic N) is 2. The van der Waals surface area contributed by atoms with Gasteiger partial charge in [0.2, 0.25) is 0 Å². The number of ether oxygens (including phenoxy) is 1. The molecule has 1 amide bonds. The minimum absolute atomic E-state index is 0.00584. The highest BCUT2D eigenvalue weighted by Crippen LogP contribution is 2.23. The summed E-state index contributed by atoms with van der Waals surface area (Å²) in [6, 6.07) is 13.2. The lowest BCUT2D eigenvalue weighted by atomic mass is 10.1. The van der Waals surface area contributed by atoms with Crippen LogP contribution in [-0.2, 0) is 4.79 Å². The van der Waals surface area contributed by atoms with Crippen LogP contribution in [-0.4, -0.2) is 29.4 Å². The van der Waals surface area contributed by atoms with E-state index >= 15 is 0 Å². The second kappa shape index (κ2) is 7.92. The second-order valence-corrected chi connectivity index (χ2v) is 6.19. The van der Waals surface area contributed by atoms with Crippen molar-refractivity contribution < 1.29 is 14.5 Å². The summed E-state index contributed by atoms with van der Waals surface area (Å²) < 4.78 is 6.40. The van der Waals surface area contributed by atoms with Gasteiger partial charge in [0, 0.05) is 23.7 Å². The Hall–Kier alpha value is -2.41. The van der Waals surface area contributed by atoms with Crippen molar-refractivity contribution in [2.45, 2.75) is 13.0 Å². The molecule has 0 saturated carbocycles. The number of carbonyl (C=O) groups excluding carboxylic acids is 1. The van der Waals surface area contributed by atoms with E-state index in [1.807, 2.05) is 19.1 Å². The smallest absolute Gasteiger partial charge is 0.269 e. The van der Waals surface area contributed by atoms with Crippen molar-refractivity contribution in [2.75, 3.05) is 13.7 Å². The largest absolute Gasteiger partial charge is 0.484 e. The lowest BCUT2D eigenvalue weighted by Gasteiger charge is -2.25. The Labute approximate surface area is 148 Å². The first-order valence-corrected chi connectivity index (χ1v) is 8.06. The molecule has 1 atom stereocenters. The van der Waals surface area contributed by atoms with Crippen molar-refractivity contribution in [3.05, 3.63) is 68.7 Å². The molecule has 0 radical (unpaired) electrons. The van der Waals surface area contributed by atoms with Crippen molar-refractivity contribution >= 4 is 27.5 Å². The molecule has 1 unspecified atom stereocenters. The van der Waals surface area contributed by atoms with Crippen LogP contribution in [0.15, 0.2) is 53.0 Å². The van der Waals surface area contributed by atoms with Crippen molar-refractivity contribution in [3.8, 4) is 5.75 Å². The van der Waals surface area contributed by atoms with E-state index < -0.39 is 4.92 Å². The quantitative estimate of drug-likeness (QED) is 0.550. The van der Waals surface area contributed by atoms with Gasteiger partial charge in [0.1, 0.15) is 5.75 Å². The molecule has 24 heavy (non-hydrogen) atoms. The maximum Gasteiger partial charge on any atom is 0.269 e. The Morgan fingerprint density at radius 1 is 1.29 bits per heavy atom. The Balaban J connectivity index is 2.00. The molecule has 126 valence electrons. The highest BCUT2D eigenvalue weighted by Gasteiger charge is 2.19. The SMILES string of the molecule is CC(c1cccc([N+](=O)[O-])c1)N(C)C(=O)COc1ccc(Br)cc1. The second-order valence-electron chi connectivity index (χ2n) is 5.28. The Morgan fingerprint density at radius 2 is 1.96 bits per heavy atom. The van der Waals surface area contributed by atoms with Gasteiger partial charge in [-0.3, -0.25) is 14.9 Å². The molecular formula is C17H17BrN2O4. The molecule has 7 heteroatoms. The molecule has 0 spiro atoms. The van der Waals surface area contributed by atoms with Crippen LogP contribution in [0.5, 0.6) is 5.75 Å². The monoisotopic (exact) mass is 392 g/mol. The summed E-state index contributed by atoms with van der Waals surface area (Å²) >= 11 is 3.33. The van der Waals surface area contributed by atoms with E-state index in [2.05, 4.69) is 15.9 Å². The van der Waals surface area contributed by atoms with Crippen LogP contribution in [0.3, 0.4) is 0 Å². The van der Waals surface area contributed by atoms with Crippen molar-refractivity contribution in [1.82, 2.24) is 4.90 Å². The molecule has 0 aliphatic rings. The summed E-state index contributed by atoms with van der Waals surface area (Å²) in [5.41, 5.74) is 0.704. The first-order chi connectivity index (χ1) is 11.4. The molecule has 0 heterocycles. The molecule has 0 aliphatic heterocycles. The van der Waals surface area contributed by atoms with Gasteiger partial charge in [0.05, 0.1) is 11.0 Å². The number of halogens is 1. The molecule has 6 nitrogen and oxygen atoms in total. The average Bonchev–Trinajstić information content (AvgIpc) is 2.59. The highest BCUT2D eigenvalue weighted by molar-refractivity contribution is 9.10. The van der Waals surface area contributed by atoms with Crippen molar-refractivity contribution in [1.29, 1.82) is 0 Å². The highest BCUT2D eigenvalue weighted by atomic mass is 79.9. The Kier molecular flexibility index (Phi) is 5.92. The third-order valence-electron chi connectivity index (χ3n) is 3.71. The minimum Gasteiger partial charge on any atom is -0.484 e. The third-order valence-corrected chi connectivity index (χ3v) is 4.24. The normalized spacial score (nSPS) is 11.6. The molecule has 0 saturated heterocycles. The number of hydrogen-bond donors (Lipinski definition) is 0. The number of non-ortho nitro benzene ring substituents is 1. The van der Waals surface area contributed by atoms with E-state index in [1.54, 1.807) is 31.3 Å². The summed E-state index contributed by atoms with van der Waals surface area (Å²) in [6.07, 6.45) is 0. The molecule has 0 aliphatic carbocycles. The van der Waals surface area contributed by atoms with E-state index in [0.717, 1.165) is 4.47 Å². The Morgan fingerprint density at radius 3 is 2.58 bits per heavy atom. The fourth-order valence-corrected chi connectivity index (χ4v) is 2.38. The molecule has 2 rings (SSSR count). The molecule has 0 bridgehead atoms. The van der Waals surface area contributed by atoms with Gasteiger partial charge in [-0.25, -0.2) is 0 Å². The molecule has 0 fully saturated rings. The number of nitro groups is 1. The number of hydrogen-bond acceptors (Lipinski definition) is 4. The van der Waals surface area contributed by atoms with Gasteiger partial charge in [0.25, 0.3) is 11.6 Å². The number of likely N-dealkylation sites (N-methyl/N-ethyl adjacent to an activating group) is 1. The maximum atomic E-state index is 12.3. The topological polar surface area (TPSA) is 72.7 Å². The number of amides is 1. The predicted octanol–water partition coefficient (Wildman–Crippen LogP) is 3.96. The van der Waals surface area contributed by atoms with E-state index in [4.69, 9.17) is 4.74 Å². The van der Waals surface area contributed by atoms with E-state index in [1.165, 1.54) is 17.0 Å². The maximum absolute atomic E-state index is 12.3. The van der Waals surface area contributed by atoms with E-state index in [9.17, 15) is 14.9 Å². The number of carbonyl (C=O) groups is 1. The van der Waals surface area contributed by atoms with Crippen LogP contribution >= 0.6 is 15.9 Å². The van der Waals surface area contributed by atoms with Crippen LogP contribution in [0.4, 0.5) is 5.69 Å². The number of nitro benzene ring substituents is 1. The van der Waals surface area contributed by atoms with Crippen LogP contribution in [0.25, 0.3) is 0 Å². The van der Waals surface area contributed by atoms with Crippen LogP contribution in [0.1, 0.15) is 18.5 Å². The third kappa shape index (κ3) is 4.55. The average molecular weight is 393 g/mol. The first-order valence-electron chi connectivity index (χ1n) is 7.27. The molecule has 0 N–H and O–H groups in total. The summed E-state index contributed by atoms with van der Waals surface area (Å²) in [6.45, 7) is 1.72. The zero-order chi connectivity index (χ0) is 17.7. The van der Waals surface area contributed by atoms with Gasteiger partial charge in [-0.05, 0) is 36.8 Å². The minimum atomic E-state index is -0.450. The van der Waals surface area contributed by atoms with Crippen LogP contribution in [0, 0.1) is 10.1 Å². The zero-order valence-corrected chi connectivity index (χ0v) is 14.9. The van der Waals surface area contributed by atoms with Gasteiger partial charge in [-0.15, -0.1) is 0 Å². The summed E-state index contributed by atoms with van der Waals surface area (Å²) in [4.78, 5) is 24.2. The van der Waals surface area contributed by atoms with Gasteiger partial charge >= 0.3 is 0 Å². The summed E-state index contributed by atoms with van der Waals surface area (Å²) in [5, 5.41) is 10.9. The first kappa shape index (κ1) is 17.9. The van der Waals surface area contributed by atoms with Gasteiger partial charge < -0.3 is 9.64 Å². The molecule has 2 aromatic rings. The lowest BCUT2D eigenvalue weighted by Crippen LogP contribution is -2.33. The number of benzene rings is 2. The van der Waals surface area contributed by atoms with Crippen LogP contribution < -0.4 is 4.74 Å². The zero-order valence-electron chi connectivity index (χ0n) is 13.3. The molecule has 2 aromatic carbocycles. The summed E-state index contributed by atoms with van der Waals surface area (Å²) in [7, 11) is 1.65. The van der Waals surface area contributed by atoms with E-state index in [-0.39, 0.29) is 24.2 Å². The predicted molar refractivity (Wildman–Crippen MR) is 93.9 cm³/mol. The van der Waals surface area contributed by atoms with Crippen molar-refractivity contribution in [2.24, 2.45) is 0 Å². The van der Waals surface area contributed by atoms with Gasteiger partial charge in [0.15, 0.2) is 6.61 Å². The fourth-order valence-electron chi connectivity index (χ4n) is 2.12. The lowest BCUT2D eigenvalue weighted by molar-refractivity contribution is -0.384. The fraction of sp³-hybridized carbons (Fsp3) is 0.235. The van der Waals surface area contributed by atoms with Gasteiger partial charge in [-0.2, -0.15) is 0 Å². The summed E-state index contributed by atoms with van der Waals surface area (Å²) in [5.74, 6) is 0.389. The molecule has 0 aromatic heterocycles. The van der Waals surface area contributed by atoms with E-state index in [0.29, 0.717) is 11.3 Å². The van der Waals surface area contributed by atoms with Crippen molar-refractivity contribution in [3.63, 3.8) is 0 Å². The standard InChI is InChI=1S/C17H17BrN2O4/c1-12(13-4-3-5-15(10-13)20(22)23)19(2)17(21)11-24-16-8-6-14(18)7-9-16/h3-10,12H,11H2,1-2H3.